The first-order chi connectivity index (χ1) is 9.63. The zero-order chi connectivity index (χ0) is 14.5. The van der Waals surface area contributed by atoms with Crippen LogP contribution in [0.5, 0.6) is 0 Å². The van der Waals surface area contributed by atoms with E-state index in [1.54, 1.807) is 16.7 Å². The molecule has 2 heterocycles. The van der Waals surface area contributed by atoms with Crippen LogP contribution >= 0.6 is 0 Å². The van der Waals surface area contributed by atoms with Crippen LogP contribution in [0.1, 0.15) is 32.4 Å². The molecule has 0 fully saturated rings. The molecule has 5 heteroatoms. The summed E-state index contributed by atoms with van der Waals surface area (Å²) in [6, 6.07) is 2.98. The van der Waals surface area contributed by atoms with Gasteiger partial charge in [-0.1, -0.05) is 13.8 Å². The maximum absolute atomic E-state index is 13.1. The third-order valence-corrected chi connectivity index (χ3v) is 3.14. The van der Waals surface area contributed by atoms with E-state index in [0.717, 1.165) is 25.9 Å². The first kappa shape index (κ1) is 14.5. The van der Waals surface area contributed by atoms with Gasteiger partial charge in [0.05, 0.1) is 12.1 Å². The maximum Gasteiger partial charge on any atom is 0.228 e. The van der Waals surface area contributed by atoms with Gasteiger partial charge in [0.15, 0.2) is 0 Å². The van der Waals surface area contributed by atoms with Crippen LogP contribution in [-0.4, -0.2) is 33.3 Å². The molecule has 2 rings (SSSR count). The lowest BCUT2D eigenvalue weighted by molar-refractivity contribution is -0.130. The monoisotopic (exact) mass is 277 g/mol. The number of carbonyl (C=O) groups excluding carboxylic acids is 1. The fourth-order valence-corrected chi connectivity index (χ4v) is 2.27. The largest absolute Gasteiger partial charge is 0.342 e. The van der Waals surface area contributed by atoms with Crippen molar-refractivity contribution >= 4 is 11.6 Å². The number of rotatable bonds is 6. The first-order valence-electron chi connectivity index (χ1n) is 7.05. The van der Waals surface area contributed by atoms with Gasteiger partial charge in [-0.3, -0.25) is 4.79 Å². The molecular weight excluding hydrogens is 257 g/mol. The molecule has 1 amide bonds. The molecule has 0 aliphatic carbocycles. The van der Waals surface area contributed by atoms with Gasteiger partial charge in [-0.25, -0.2) is 9.37 Å². The van der Waals surface area contributed by atoms with Crippen molar-refractivity contribution in [1.29, 1.82) is 0 Å². The summed E-state index contributed by atoms with van der Waals surface area (Å²) in [7, 11) is 0. The molecule has 20 heavy (non-hydrogen) atoms. The Kier molecular flexibility index (Phi) is 4.71. The number of aromatic nitrogens is 2. The zero-order valence-corrected chi connectivity index (χ0v) is 12.0. The Bertz CT molecular complexity index is 588. The standard InChI is InChI=1S/C15H20FN3O/c1-3-7-18(8-4-2)15(20)9-13-11-19-10-12(16)5-6-14(19)17-13/h5-6,10-11H,3-4,7-9H2,1-2H3. The van der Waals surface area contributed by atoms with Gasteiger partial charge in [0.2, 0.25) is 5.91 Å². The summed E-state index contributed by atoms with van der Waals surface area (Å²) in [5, 5.41) is 0. The zero-order valence-electron chi connectivity index (χ0n) is 12.0. The second-order valence-electron chi connectivity index (χ2n) is 4.90. The topological polar surface area (TPSA) is 37.6 Å². The van der Waals surface area contributed by atoms with Crippen molar-refractivity contribution in [3.05, 3.63) is 36.0 Å². The minimum Gasteiger partial charge on any atom is -0.342 e. The van der Waals surface area contributed by atoms with Gasteiger partial charge >= 0.3 is 0 Å². The average Bonchev–Trinajstić information content (AvgIpc) is 2.79. The molecule has 0 saturated heterocycles. The molecule has 2 aromatic heterocycles. The number of pyridine rings is 1. The van der Waals surface area contributed by atoms with Crippen LogP contribution in [0.25, 0.3) is 5.65 Å². The van der Waals surface area contributed by atoms with E-state index in [1.165, 1.54) is 12.3 Å². The molecule has 0 atom stereocenters. The molecular formula is C15H20FN3O. The number of nitrogens with zero attached hydrogens (tertiary/aromatic N) is 3. The van der Waals surface area contributed by atoms with E-state index >= 15 is 0 Å². The van der Waals surface area contributed by atoms with Crippen molar-refractivity contribution in [2.75, 3.05) is 13.1 Å². The van der Waals surface area contributed by atoms with Crippen molar-refractivity contribution in [1.82, 2.24) is 14.3 Å². The normalized spacial score (nSPS) is 10.9. The van der Waals surface area contributed by atoms with E-state index in [1.807, 2.05) is 4.90 Å². The van der Waals surface area contributed by atoms with Gasteiger partial charge in [0, 0.05) is 25.5 Å². The number of fused-ring (bicyclic) bond motifs is 1. The van der Waals surface area contributed by atoms with Crippen molar-refractivity contribution in [2.24, 2.45) is 0 Å². The fraction of sp³-hybridized carbons (Fsp3) is 0.467. The molecule has 0 aliphatic heterocycles. The summed E-state index contributed by atoms with van der Waals surface area (Å²) < 4.78 is 14.7. The second-order valence-corrected chi connectivity index (χ2v) is 4.90. The molecule has 108 valence electrons. The van der Waals surface area contributed by atoms with Crippen molar-refractivity contribution in [3.63, 3.8) is 0 Å². The van der Waals surface area contributed by atoms with Crippen LogP contribution in [0.2, 0.25) is 0 Å². The van der Waals surface area contributed by atoms with Crippen molar-refractivity contribution < 1.29 is 9.18 Å². The highest BCUT2D eigenvalue weighted by atomic mass is 19.1. The Morgan fingerprint density at radius 2 is 1.95 bits per heavy atom. The summed E-state index contributed by atoms with van der Waals surface area (Å²) in [5.41, 5.74) is 1.34. The molecule has 0 N–H and O–H groups in total. The summed E-state index contributed by atoms with van der Waals surface area (Å²) in [5.74, 6) is -0.232. The van der Waals surface area contributed by atoms with Gasteiger partial charge < -0.3 is 9.30 Å². The molecule has 2 aromatic rings. The van der Waals surface area contributed by atoms with E-state index in [2.05, 4.69) is 18.8 Å². The second kappa shape index (κ2) is 6.50. The summed E-state index contributed by atoms with van der Waals surface area (Å²) in [6.45, 7) is 5.66. The smallest absolute Gasteiger partial charge is 0.228 e. The Labute approximate surface area is 118 Å². The summed E-state index contributed by atoms with van der Waals surface area (Å²) in [6.07, 6.45) is 5.24. The maximum atomic E-state index is 13.1. The lowest BCUT2D eigenvalue weighted by atomic mass is 10.2. The third kappa shape index (κ3) is 3.35. The SMILES string of the molecule is CCCN(CCC)C(=O)Cc1cn2cc(F)ccc2n1. The number of hydrogen-bond donors (Lipinski definition) is 0. The third-order valence-electron chi connectivity index (χ3n) is 3.14. The summed E-state index contributed by atoms with van der Waals surface area (Å²) in [4.78, 5) is 18.4. The molecule has 0 saturated carbocycles. The van der Waals surface area contributed by atoms with Crippen LogP contribution in [-0.2, 0) is 11.2 Å². The molecule has 0 unspecified atom stereocenters. The lowest BCUT2D eigenvalue weighted by Crippen LogP contribution is -2.33. The Morgan fingerprint density at radius 3 is 2.60 bits per heavy atom. The van der Waals surface area contributed by atoms with Gasteiger partial charge in [-0.2, -0.15) is 0 Å². The Hall–Kier alpha value is -1.91. The molecule has 0 bridgehead atoms. The molecule has 0 radical (unpaired) electrons. The average molecular weight is 277 g/mol. The van der Waals surface area contributed by atoms with Crippen molar-refractivity contribution in [2.45, 2.75) is 33.1 Å². The van der Waals surface area contributed by atoms with Gasteiger partial charge in [-0.05, 0) is 25.0 Å². The van der Waals surface area contributed by atoms with Gasteiger partial charge in [0.1, 0.15) is 11.5 Å². The van der Waals surface area contributed by atoms with Crippen LogP contribution in [0.15, 0.2) is 24.5 Å². The Balaban J connectivity index is 2.12. The molecule has 4 nitrogen and oxygen atoms in total. The molecule has 0 aromatic carbocycles. The van der Waals surface area contributed by atoms with E-state index in [-0.39, 0.29) is 18.1 Å². The lowest BCUT2D eigenvalue weighted by Gasteiger charge is -2.20. The molecule has 0 aliphatic rings. The highest BCUT2D eigenvalue weighted by molar-refractivity contribution is 5.78. The predicted octanol–water partition coefficient (Wildman–Crippen LogP) is 2.66. The van der Waals surface area contributed by atoms with E-state index in [9.17, 15) is 9.18 Å². The van der Waals surface area contributed by atoms with E-state index in [0.29, 0.717) is 11.3 Å². The number of imidazole rings is 1. The van der Waals surface area contributed by atoms with Crippen molar-refractivity contribution in [3.8, 4) is 0 Å². The number of halogens is 1. The highest BCUT2D eigenvalue weighted by Gasteiger charge is 2.14. The highest BCUT2D eigenvalue weighted by Crippen LogP contribution is 2.09. The first-order valence-corrected chi connectivity index (χ1v) is 7.05. The number of amides is 1. The minimum atomic E-state index is -0.314. The van der Waals surface area contributed by atoms with E-state index in [4.69, 9.17) is 0 Å². The predicted molar refractivity (Wildman–Crippen MR) is 76.0 cm³/mol. The van der Waals surface area contributed by atoms with Gasteiger partial charge in [0.25, 0.3) is 0 Å². The number of carbonyl (C=O) groups is 1. The van der Waals surface area contributed by atoms with Crippen LogP contribution in [0.4, 0.5) is 4.39 Å². The van der Waals surface area contributed by atoms with E-state index < -0.39 is 0 Å². The number of hydrogen-bond acceptors (Lipinski definition) is 2. The molecule has 0 spiro atoms. The van der Waals surface area contributed by atoms with Crippen LogP contribution < -0.4 is 0 Å². The van der Waals surface area contributed by atoms with Crippen LogP contribution in [0.3, 0.4) is 0 Å². The van der Waals surface area contributed by atoms with Crippen LogP contribution in [0, 0.1) is 5.82 Å². The minimum absolute atomic E-state index is 0.0811. The quantitative estimate of drug-likeness (QED) is 0.814. The van der Waals surface area contributed by atoms with Gasteiger partial charge in [-0.15, -0.1) is 0 Å². The fourth-order valence-electron chi connectivity index (χ4n) is 2.27. The Morgan fingerprint density at radius 1 is 1.25 bits per heavy atom. The summed E-state index contributed by atoms with van der Waals surface area (Å²) >= 11 is 0.